The highest BCUT2D eigenvalue weighted by atomic mass is 35.5. The molecule has 3 atom stereocenters. The molecule has 16 rings (SSSR count). The van der Waals surface area contributed by atoms with Gasteiger partial charge in [0.05, 0.1) is 91.4 Å². The molecule has 4 saturated heterocycles. The first-order valence-electron chi connectivity index (χ1n) is 41.7. The van der Waals surface area contributed by atoms with Gasteiger partial charge < -0.3 is 58.1 Å². The number of amides is 4. The largest absolute Gasteiger partial charge is 0.495 e. The third kappa shape index (κ3) is 22.6. The van der Waals surface area contributed by atoms with Gasteiger partial charge in [-0.05, 0) is 152 Å². The van der Waals surface area contributed by atoms with Gasteiger partial charge in [0, 0.05) is 215 Å². The molecule has 678 valence electrons. The van der Waals surface area contributed by atoms with Gasteiger partial charge in [-0.25, -0.2) is 4.98 Å². The van der Waals surface area contributed by atoms with Crippen LogP contribution >= 0.6 is 104 Å². The Kier molecular flexibility index (Phi) is 32.1. The zero-order valence-corrected chi connectivity index (χ0v) is 80.2. The van der Waals surface area contributed by atoms with Gasteiger partial charge in [-0.1, -0.05) is 104 Å². The first-order chi connectivity index (χ1) is 61.9. The number of pyridine rings is 4. The lowest BCUT2D eigenvalue weighted by molar-refractivity contribution is -0.135. The first-order valence-corrected chi connectivity index (χ1v) is 45.1. The molecule has 0 bridgehead atoms. The van der Waals surface area contributed by atoms with Gasteiger partial charge in [-0.2, -0.15) is 20.4 Å². The summed E-state index contributed by atoms with van der Waals surface area (Å²) >= 11 is 56.5. The van der Waals surface area contributed by atoms with Crippen LogP contribution in [-0.2, 0) is 45.4 Å². The van der Waals surface area contributed by atoms with E-state index in [9.17, 15) is 19.2 Å². The highest BCUT2D eigenvalue weighted by Crippen LogP contribution is 2.39. The predicted molar refractivity (Wildman–Crippen MR) is 512 cm³/mol. The van der Waals surface area contributed by atoms with Crippen molar-refractivity contribution in [3.05, 3.63) is 232 Å². The van der Waals surface area contributed by atoms with E-state index in [1.165, 1.54) is 0 Å². The summed E-state index contributed by atoms with van der Waals surface area (Å²) in [5.41, 5.74) is 13.8. The lowest BCUT2D eigenvalue weighted by Gasteiger charge is -2.41. The Labute approximate surface area is 794 Å². The second kappa shape index (κ2) is 43.3. The number of piperazine rings is 4. The number of nitrogens with zero attached hydrogens (tertiary/aromatic N) is 20. The van der Waals surface area contributed by atoms with Crippen molar-refractivity contribution in [1.82, 2.24) is 78.7 Å². The molecule has 0 radical (unpaired) electrons. The molecule has 0 aliphatic carbocycles. The van der Waals surface area contributed by atoms with E-state index in [-0.39, 0.29) is 67.9 Å². The average Bonchev–Trinajstić information content (AvgIpc) is 1.71. The van der Waals surface area contributed by atoms with E-state index in [1.807, 2.05) is 176 Å². The third-order valence-electron chi connectivity index (χ3n) is 23.2. The van der Waals surface area contributed by atoms with Crippen molar-refractivity contribution >= 4 is 151 Å². The maximum atomic E-state index is 13.2. The number of ether oxygens (including phenoxy) is 4. The molecule has 4 aromatic carbocycles. The molecule has 12 aromatic rings. The number of aromatic nitrogens is 12. The van der Waals surface area contributed by atoms with Crippen LogP contribution in [-0.4, -0.2) is 234 Å². The van der Waals surface area contributed by atoms with Gasteiger partial charge in [-0.15, -0.1) is 0 Å². The number of rotatable bonds is 20. The van der Waals surface area contributed by atoms with E-state index in [4.69, 9.17) is 123 Å². The topological polar surface area (TPSA) is 254 Å². The smallest absolute Gasteiger partial charge is 0.244 e. The van der Waals surface area contributed by atoms with Crippen molar-refractivity contribution in [2.75, 3.05) is 133 Å². The number of hydrogen-bond acceptors (Lipinski definition) is 20. The molecule has 37 heteroatoms. The Bertz CT molecular complexity index is 5780. The van der Waals surface area contributed by atoms with E-state index in [0.29, 0.717) is 137 Å². The second-order valence-electron chi connectivity index (χ2n) is 31.5. The third-order valence-corrected chi connectivity index (χ3v) is 26.5. The van der Waals surface area contributed by atoms with Gasteiger partial charge in [0.25, 0.3) is 0 Å². The molecule has 8 aromatic heterocycles. The Balaban J connectivity index is 0.000000147. The van der Waals surface area contributed by atoms with Crippen LogP contribution in [0.5, 0.6) is 23.0 Å². The van der Waals surface area contributed by atoms with Crippen LogP contribution in [0.2, 0.25) is 45.3 Å². The monoisotopic (exact) mass is 1930 g/mol. The molecule has 4 aliphatic heterocycles. The molecule has 129 heavy (non-hydrogen) atoms. The minimum Gasteiger partial charge on any atom is -0.495 e. The highest BCUT2D eigenvalue weighted by Gasteiger charge is 2.34. The van der Waals surface area contributed by atoms with Gasteiger partial charge in [0.2, 0.25) is 23.6 Å². The summed E-state index contributed by atoms with van der Waals surface area (Å²) in [6.45, 7) is 25.0. The second-order valence-corrected chi connectivity index (χ2v) is 35.0. The fraction of sp³-hybridized carbons (Fsp3) is 0.348. The number of carbonyl (C=O) groups is 4. The van der Waals surface area contributed by atoms with Crippen LogP contribution in [0.3, 0.4) is 0 Å². The number of methoxy groups -OCH3 is 4. The van der Waals surface area contributed by atoms with Crippen molar-refractivity contribution in [3.8, 4) is 68.0 Å². The Morgan fingerprint density at radius 2 is 0.636 bits per heavy atom. The fourth-order valence-electron chi connectivity index (χ4n) is 15.7. The number of hydrogen-bond donors (Lipinski definition) is 0. The lowest BCUT2D eigenvalue weighted by atomic mass is 10.1. The Morgan fingerprint density at radius 1 is 0.341 bits per heavy atom. The quantitative estimate of drug-likeness (QED) is 0.0643. The maximum Gasteiger partial charge on any atom is 0.244 e. The first kappa shape index (κ1) is 95.8. The summed E-state index contributed by atoms with van der Waals surface area (Å²) in [5, 5.41) is 23.2. The number of anilines is 4. The van der Waals surface area contributed by atoms with E-state index >= 15 is 0 Å². The van der Waals surface area contributed by atoms with E-state index < -0.39 is 0 Å². The molecule has 4 fully saturated rings. The Morgan fingerprint density at radius 3 is 0.915 bits per heavy atom. The van der Waals surface area contributed by atoms with Crippen LogP contribution < -0.4 is 38.5 Å². The molecule has 0 spiro atoms. The minimum atomic E-state index is -0.00103. The van der Waals surface area contributed by atoms with Crippen molar-refractivity contribution < 1.29 is 38.1 Å². The summed E-state index contributed by atoms with van der Waals surface area (Å²) in [4.78, 5) is 85.5. The van der Waals surface area contributed by atoms with Crippen LogP contribution in [0.15, 0.2) is 159 Å². The highest BCUT2D eigenvalue weighted by molar-refractivity contribution is 6.36. The standard InChI is InChI=1S/C24H27Cl2N5O2.C23H24Cl3N5O2.C23H25Cl2N5O2.C22H23Cl2N5O2/c1-15-5-6-18(12-27-15)24-23(26)17(3)31(28-24)14-22(32)30-10-9-29(13-16(30)2)19-7-8-20(25)21(11-19)33-4;1-14-12-29(17-5-6-18(24)19(10-17)33-3)8-9-30(14)21(32)13-31-15(2)22(26)23(28-31)16-4-7-20(25)27-11-16;1-15-13-28(18-6-7-19(24)20(11-18)32-3)9-10-29(15)21(31)14-30-16(2)22(25)23(27-30)17-5-4-8-26-12-17;1-15-21(24)22(16-4-3-7-25-13-16)26-29(15)14-20(30)28-10-8-27(9-11-28)17-5-6-18(23)19(12-17)31-2/h5-8,11-12,16H,9-10,13-14H2,1-4H3;4-7,10-11,14H,8-9,12-13H2,1-3H3;4-8,11-12,15H,9-10,13-14H2,1-3H3;3-7,12-13H,8-11,14H2,1-2H3/t16-;14-;15-;/m000./s1. The zero-order chi connectivity index (χ0) is 92.2. The molecule has 0 N–H and O–H groups in total. The zero-order valence-electron chi connectivity index (χ0n) is 73.4. The predicted octanol–water partition coefficient (Wildman–Crippen LogP) is 17.8. The summed E-state index contributed by atoms with van der Waals surface area (Å²) in [6.07, 6.45) is 10.2. The minimum absolute atomic E-state index is 0.00103. The summed E-state index contributed by atoms with van der Waals surface area (Å²) < 4.78 is 28.0. The van der Waals surface area contributed by atoms with Crippen molar-refractivity contribution in [2.24, 2.45) is 0 Å². The molecule has 12 heterocycles. The lowest BCUT2D eigenvalue weighted by Crippen LogP contribution is -2.54. The number of benzene rings is 4. The van der Waals surface area contributed by atoms with Gasteiger partial charge in [-0.3, -0.25) is 52.9 Å². The van der Waals surface area contributed by atoms with Gasteiger partial charge in [0.1, 0.15) is 77.1 Å². The molecular weight excluding hydrogens is 1830 g/mol. The van der Waals surface area contributed by atoms with Gasteiger partial charge >= 0.3 is 0 Å². The van der Waals surface area contributed by atoms with E-state index in [0.717, 1.165) is 113 Å². The summed E-state index contributed by atoms with van der Waals surface area (Å²) in [5.74, 6) is 2.63. The normalized spacial score (nSPS) is 15.7. The molecule has 4 aliphatic rings. The number of aryl methyl sites for hydroxylation is 1. The number of carbonyl (C=O) groups excluding carboxylic acids is 4. The molecule has 0 saturated carbocycles. The van der Waals surface area contributed by atoms with Gasteiger partial charge in [0.15, 0.2) is 0 Å². The number of halogens is 9. The van der Waals surface area contributed by atoms with Crippen molar-refractivity contribution in [2.45, 2.75) is 99.7 Å². The van der Waals surface area contributed by atoms with Crippen LogP contribution in [0.4, 0.5) is 22.7 Å². The van der Waals surface area contributed by atoms with Crippen LogP contribution in [0.1, 0.15) is 49.2 Å². The summed E-state index contributed by atoms with van der Waals surface area (Å²) in [7, 11) is 6.41. The van der Waals surface area contributed by atoms with Crippen molar-refractivity contribution in [3.63, 3.8) is 0 Å². The summed E-state index contributed by atoms with van der Waals surface area (Å²) in [6, 6.07) is 37.9. The SMILES string of the molecule is COc1cc(N2CCN(C(=O)Cn3nc(-c4ccc(C)nc4)c(Cl)c3C)[C@@H](C)C2)ccc1Cl.COc1cc(N2CCN(C(=O)Cn3nc(-c4ccc(Cl)nc4)c(Cl)c3C)[C@@H](C)C2)ccc1Cl.COc1cc(N2CCN(C(=O)Cn3nc(-c4cccnc4)c(Cl)c3C)CC2)ccc1Cl.COc1cc(N2CCN(C(=O)Cn3nc(-c4cccnc4)c(Cl)c3C)[C@@H](C)C2)ccc1Cl. The molecule has 4 amide bonds. The molecular formula is C92H99Cl9N20O8. The Hall–Kier alpha value is -10.8. The fourth-order valence-corrected chi connectivity index (χ4v) is 17.6. The maximum absolute atomic E-state index is 13.2. The average molecular weight is 1930 g/mol. The molecule has 0 unspecified atom stereocenters. The van der Waals surface area contributed by atoms with Crippen molar-refractivity contribution in [1.29, 1.82) is 0 Å². The molecule has 28 nitrogen and oxygen atoms in total. The van der Waals surface area contributed by atoms with Crippen LogP contribution in [0, 0.1) is 34.6 Å². The van der Waals surface area contributed by atoms with Crippen LogP contribution in [0.25, 0.3) is 45.0 Å². The van der Waals surface area contributed by atoms with E-state index in [1.54, 1.807) is 90.4 Å². The van der Waals surface area contributed by atoms with E-state index in [2.05, 4.69) is 73.8 Å².